The molecule has 1 saturated heterocycles. The molecule has 2 N–H and O–H groups in total. The predicted octanol–water partition coefficient (Wildman–Crippen LogP) is 1.59. The fraction of sp³-hybridized carbons (Fsp3) is 0.533. The molecule has 122 valence electrons. The van der Waals surface area contributed by atoms with Crippen molar-refractivity contribution >= 4 is 23.2 Å². The highest BCUT2D eigenvalue weighted by molar-refractivity contribution is 6.32. The van der Waals surface area contributed by atoms with E-state index in [0.29, 0.717) is 28.8 Å². The van der Waals surface area contributed by atoms with E-state index in [0.717, 1.165) is 32.6 Å². The molecule has 1 aromatic rings. The quantitative estimate of drug-likeness (QED) is 0.860. The smallest absolute Gasteiger partial charge is 0.238 e. The van der Waals surface area contributed by atoms with Gasteiger partial charge in [-0.15, -0.1) is 0 Å². The maximum absolute atomic E-state index is 12.2. The normalized spacial score (nSPS) is 16.0. The zero-order valence-electron chi connectivity index (χ0n) is 12.9. The van der Waals surface area contributed by atoms with Gasteiger partial charge in [0.15, 0.2) is 0 Å². The number of carbonyl (C=O) groups excluding carboxylic acids is 1. The van der Waals surface area contributed by atoms with Crippen LogP contribution >= 0.6 is 11.6 Å². The van der Waals surface area contributed by atoms with Gasteiger partial charge in [0.05, 0.1) is 31.5 Å². The molecule has 0 aliphatic carbocycles. The zero-order chi connectivity index (χ0) is 15.9. The van der Waals surface area contributed by atoms with E-state index in [4.69, 9.17) is 21.1 Å². The first-order chi connectivity index (χ1) is 10.6. The van der Waals surface area contributed by atoms with E-state index < -0.39 is 0 Å². The number of nitrogens with zero attached hydrogens (tertiary/aromatic N) is 1. The number of methoxy groups -OCH3 is 2. The second-order valence-corrected chi connectivity index (χ2v) is 5.52. The van der Waals surface area contributed by atoms with Gasteiger partial charge in [-0.05, 0) is 25.6 Å². The molecular weight excluding hydrogens is 306 g/mol. The van der Waals surface area contributed by atoms with Crippen molar-refractivity contribution in [2.45, 2.75) is 6.42 Å². The lowest BCUT2D eigenvalue weighted by Crippen LogP contribution is -2.35. The Morgan fingerprint density at radius 1 is 1.27 bits per heavy atom. The molecule has 0 aromatic heterocycles. The van der Waals surface area contributed by atoms with Gasteiger partial charge in [-0.3, -0.25) is 9.69 Å². The molecule has 0 bridgehead atoms. The number of carbonyl (C=O) groups is 1. The van der Waals surface area contributed by atoms with E-state index >= 15 is 0 Å². The monoisotopic (exact) mass is 327 g/mol. The minimum absolute atomic E-state index is 0.0820. The lowest BCUT2D eigenvalue weighted by Gasteiger charge is -2.19. The third kappa shape index (κ3) is 4.50. The van der Waals surface area contributed by atoms with Crippen molar-refractivity contribution in [3.8, 4) is 11.5 Å². The molecule has 22 heavy (non-hydrogen) atoms. The molecule has 1 aliphatic heterocycles. The number of halogens is 1. The number of ether oxygens (including phenoxy) is 2. The minimum Gasteiger partial charge on any atom is -0.495 e. The third-order valence-electron chi connectivity index (χ3n) is 3.55. The number of benzene rings is 1. The van der Waals surface area contributed by atoms with Gasteiger partial charge in [-0.2, -0.15) is 0 Å². The van der Waals surface area contributed by atoms with Gasteiger partial charge in [-0.25, -0.2) is 0 Å². The van der Waals surface area contributed by atoms with E-state index in [-0.39, 0.29) is 5.91 Å². The van der Waals surface area contributed by atoms with Crippen molar-refractivity contribution in [1.29, 1.82) is 0 Å². The second kappa shape index (κ2) is 8.22. The number of nitrogens with one attached hydrogen (secondary N) is 2. The van der Waals surface area contributed by atoms with Crippen LogP contribution in [0.1, 0.15) is 6.42 Å². The first kappa shape index (κ1) is 16.9. The van der Waals surface area contributed by atoms with Gasteiger partial charge in [0.2, 0.25) is 5.91 Å². The van der Waals surface area contributed by atoms with Gasteiger partial charge >= 0.3 is 0 Å². The van der Waals surface area contributed by atoms with Gasteiger partial charge < -0.3 is 20.1 Å². The first-order valence-electron chi connectivity index (χ1n) is 7.28. The summed E-state index contributed by atoms with van der Waals surface area (Å²) in [5.41, 5.74) is 0.547. The molecule has 1 aromatic carbocycles. The predicted molar refractivity (Wildman–Crippen MR) is 87.1 cm³/mol. The number of rotatable bonds is 5. The molecule has 0 saturated carbocycles. The van der Waals surface area contributed by atoms with E-state index in [2.05, 4.69) is 15.5 Å². The van der Waals surface area contributed by atoms with Gasteiger partial charge in [0.1, 0.15) is 11.5 Å². The number of anilines is 1. The average Bonchev–Trinajstić information content (AvgIpc) is 2.76. The van der Waals surface area contributed by atoms with Gasteiger partial charge in [0, 0.05) is 19.2 Å². The second-order valence-electron chi connectivity index (χ2n) is 5.11. The van der Waals surface area contributed by atoms with Crippen LogP contribution in [0.15, 0.2) is 12.1 Å². The molecule has 0 radical (unpaired) electrons. The minimum atomic E-state index is -0.0820. The van der Waals surface area contributed by atoms with Crippen LogP contribution in [-0.4, -0.2) is 57.8 Å². The fourth-order valence-corrected chi connectivity index (χ4v) is 2.65. The van der Waals surface area contributed by atoms with E-state index in [1.807, 2.05) is 0 Å². The van der Waals surface area contributed by atoms with Crippen molar-refractivity contribution in [1.82, 2.24) is 10.2 Å². The molecular formula is C15H22ClN3O3. The van der Waals surface area contributed by atoms with Crippen LogP contribution in [0.4, 0.5) is 5.69 Å². The third-order valence-corrected chi connectivity index (χ3v) is 3.84. The van der Waals surface area contributed by atoms with Crippen LogP contribution < -0.4 is 20.1 Å². The zero-order valence-corrected chi connectivity index (χ0v) is 13.7. The van der Waals surface area contributed by atoms with Crippen LogP contribution in [0.2, 0.25) is 5.02 Å². The number of amides is 1. The lowest BCUT2D eigenvalue weighted by atomic mass is 10.2. The Hall–Kier alpha value is -1.50. The Balaban J connectivity index is 2.02. The maximum atomic E-state index is 12.2. The number of hydrogen-bond acceptors (Lipinski definition) is 5. The van der Waals surface area contributed by atoms with Crippen LogP contribution in [0.3, 0.4) is 0 Å². The van der Waals surface area contributed by atoms with E-state index in [9.17, 15) is 4.79 Å². The van der Waals surface area contributed by atoms with Crippen molar-refractivity contribution in [2.24, 2.45) is 0 Å². The Morgan fingerprint density at radius 3 is 2.77 bits per heavy atom. The Bertz CT molecular complexity index is 517. The summed E-state index contributed by atoms with van der Waals surface area (Å²) in [6, 6.07) is 3.30. The molecule has 0 unspecified atom stereocenters. The van der Waals surface area contributed by atoms with Crippen LogP contribution in [0, 0.1) is 0 Å². The molecule has 1 aliphatic rings. The van der Waals surface area contributed by atoms with Crippen LogP contribution in [0.5, 0.6) is 11.5 Å². The van der Waals surface area contributed by atoms with Crippen molar-refractivity contribution < 1.29 is 14.3 Å². The summed E-state index contributed by atoms with van der Waals surface area (Å²) in [6.45, 7) is 4.05. The van der Waals surface area contributed by atoms with Crippen LogP contribution in [-0.2, 0) is 4.79 Å². The highest BCUT2D eigenvalue weighted by Gasteiger charge is 2.16. The summed E-state index contributed by atoms with van der Waals surface area (Å²) in [5.74, 6) is 0.948. The largest absolute Gasteiger partial charge is 0.495 e. The molecule has 0 spiro atoms. The summed E-state index contributed by atoms with van der Waals surface area (Å²) in [7, 11) is 3.07. The van der Waals surface area contributed by atoms with Crippen molar-refractivity contribution in [3.63, 3.8) is 0 Å². The van der Waals surface area contributed by atoms with Crippen molar-refractivity contribution in [2.75, 3.05) is 52.3 Å². The van der Waals surface area contributed by atoms with Gasteiger partial charge in [-0.1, -0.05) is 11.6 Å². The average molecular weight is 328 g/mol. The molecule has 6 nitrogen and oxygen atoms in total. The van der Waals surface area contributed by atoms with E-state index in [1.165, 1.54) is 7.11 Å². The first-order valence-corrected chi connectivity index (χ1v) is 7.66. The highest BCUT2D eigenvalue weighted by Crippen LogP contribution is 2.35. The standard InChI is InChI=1S/C15H22ClN3O3/c1-21-13-9-14(22-2)12(8-11(13)16)18-15(20)10-19-6-3-4-17-5-7-19/h8-9,17H,3-7,10H2,1-2H3,(H,18,20). The summed E-state index contributed by atoms with van der Waals surface area (Å²) >= 11 is 6.10. The summed E-state index contributed by atoms with van der Waals surface area (Å²) in [5, 5.41) is 6.60. The topological polar surface area (TPSA) is 62.8 Å². The number of hydrogen-bond donors (Lipinski definition) is 2. The Morgan fingerprint density at radius 2 is 2.05 bits per heavy atom. The molecule has 7 heteroatoms. The highest BCUT2D eigenvalue weighted by atomic mass is 35.5. The van der Waals surface area contributed by atoms with Gasteiger partial charge in [0.25, 0.3) is 0 Å². The summed E-state index contributed by atoms with van der Waals surface area (Å²) in [4.78, 5) is 14.4. The lowest BCUT2D eigenvalue weighted by molar-refractivity contribution is -0.117. The molecule has 2 rings (SSSR count). The fourth-order valence-electron chi connectivity index (χ4n) is 2.41. The molecule has 1 amide bonds. The van der Waals surface area contributed by atoms with Crippen LogP contribution in [0.25, 0.3) is 0 Å². The van der Waals surface area contributed by atoms with Crippen molar-refractivity contribution in [3.05, 3.63) is 17.2 Å². The molecule has 1 heterocycles. The molecule has 1 fully saturated rings. The Labute approximate surface area is 135 Å². The van der Waals surface area contributed by atoms with E-state index in [1.54, 1.807) is 19.2 Å². The maximum Gasteiger partial charge on any atom is 0.238 e. The molecule has 0 atom stereocenters. The SMILES string of the molecule is COc1cc(OC)c(NC(=O)CN2CCCNCC2)cc1Cl. The summed E-state index contributed by atoms with van der Waals surface area (Å²) < 4.78 is 10.4. The summed E-state index contributed by atoms with van der Waals surface area (Å²) in [6.07, 6.45) is 1.05. The Kier molecular flexibility index (Phi) is 6.30.